The van der Waals surface area contributed by atoms with Crippen molar-refractivity contribution in [2.75, 3.05) is 6.54 Å². The van der Waals surface area contributed by atoms with Crippen LogP contribution in [0.2, 0.25) is 0 Å². The molecular weight excluding hydrogens is 158 g/mol. The zero-order chi connectivity index (χ0) is 7.82. The normalized spacial score (nSPS) is 10.6. The molecule has 0 unspecified atom stereocenters. The van der Waals surface area contributed by atoms with Gasteiger partial charge >= 0.3 is 0 Å². The van der Waals surface area contributed by atoms with Gasteiger partial charge in [-0.1, -0.05) is 26.3 Å². The molecule has 2 heteroatoms. The van der Waals surface area contributed by atoms with E-state index in [0.29, 0.717) is 0 Å². The van der Waals surface area contributed by atoms with Crippen LogP contribution in [0.15, 0.2) is 11.8 Å². The van der Waals surface area contributed by atoms with Crippen molar-refractivity contribution in [3.8, 4) is 0 Å². The van der Waals surface area contributed by atoms with E-state index < -0.39 is 0 Å². The number of rotatable bonds is 5. The van der Waals surface area contributed by atoms with Gasteiger partial charge in [0, 0.05) is 12.2 Å². The largest absolute Gasteiger partial charge is 0.389 e. The molecule has 0 aliphatic heterocycles. The van der Waals surface area contributed by atoms with Gasteiger partial charge in [0.15, 0.2) is 0 Å². The van der Waals surface area contributed by atoms with E-state index in [4.69, 9.17) is 0 Å². The van der Waals surface area contributed by atoms with Crippen LogP contribution in [0.4, 0.5) is 0 Å². The standard InChI is InChI=1S/C9H19N.ClH/c1-4-7-8-10-9(5-2)6-3;/h5,10H,4,6-8H2,1-3H3;1H. The lowest BCUT2D eigenvalue weighted by molar-refractivity contribution is 0.693. The second-order valence-corrected chi connectivity index (χ2v) is 2.45. The van der Waals surface area contributed by atoms with Crippen molar-refractivity contribution in [1.82, 2.24) is 5.32 Å². The quantitative estimate of drug-likeness (QED) is 0.637. The molecule has 0 atom stereocenters. The zero-order valence-electron chi connectivity index (χ0n) is 7.81. The van der Waals surface area contributed by atoms with Crippen LogP contribution in [-0.4, -0.2) is 6.54 Å². The van der Waals surface area contributed by atoms with E-state index in [1.54, 1.807) is 0 Å². The van der Waals surface area contributed by atoms with Crippen molar-refractivity contribution >= 4 is 12.4 Å². The van der Waals surface area contributed by atoms with Gasteiger partial charge in [-0.05, 0) is 19.8 Å². The van der Waals surface area contributed by atoms with Gasteiger partial charge in [-0.25, -0.2) is 0 Å². The van der Waals surface area contributed by atoms with Crippen LogP contribution in [0.5, 0.6) is 0 Å². The highest BCUT2D eigenvalue weighted by atomic mass is 35.5. The van der Waals surface area contributed by atoms with E-state index in [-0.39, 0.29) is 12.4 Å². The van der Waals surface area contributed by atoms with Gasteiger partial charge in [0.1, 0.15) is 0 Å². The second-order valence-electron chi connectivity index (χ2n) is 2.45. The average Bonchev–Trinajstić information content (AvgIpc) is 1.99. The van der Waals surface area contributed by atoms with Crippen LogP contribution >= 0.6 is 12.4 Å². The molecule has 0 aliphatic carbocycles. The first kappa shape index (κ1) is 13.4. The topological polar surface area (TPSA) is 12.0 Å². The lowest BCUT2D eigenvalue weighted by atomic mass is 10.3. The molecule has 0 saturated heterocycles. The first-order valence-electron chi connectivity index (χ1n) is 4.24. The molecule has 0 aromatic rings. The van der Waals surface area contributed by atoms with Crippen molar-refractivity contribution in [2.24, 2.45) is 0 Å². The maximum Gasteiger partial charge on any atom is 0.0143 e. The van der Waals surface area contributed by atoms with E-state index in [2.05, 4.69) is 32.2 Å². The summed E-state index contributed by atoms with van der Waals surface area (Å²) in [6.07, 6.45) is 5.82. The van der Waals surface area contributed by atoms with Crippen molar-refractivity contribution < 1.29 is 0 Å². The fraction of sp³-hybridized carbons (Fsp3) is 0.778. The van der Waals surface area contributed by atoms with Crippen LogP contribution in [-0.2, 0) is 0 Å². The Morgan fingerprint density at radius 3 is 2.36 bits per heavy atom. The molecule has 0 aliphatic rings. The van der Waals surface area contributed by atoms with Crippen LogP contribution in [0.3, 0.4) is 0 Å². The number of hydrogen-bond donors (Lipinski definition) is 1. The Kier molecular flexibility index (Phi) is 12.0. The molecule has 1 N–H and O–H groups in total. The molecular formula is C9H20ClN. The van der Waals surface area contributed by atoms with E-state index in [9.17, 15) is 0 Å². The fourth-order valence-electron chi connectivity index (χ4n) is 0.857. The Bertz CT molecular complexity index is 99.7. The summed E-state index contributed by atoms with van der Waals surface area (Å²) >= 11 is 0. The summed E-state index contributed by atoms with van der Waals surface area (Å²) in [6.45, 7) is 7.60. The van der Waals surface area contributed by atoms with Crippen molar-refractivity contribution in [1.29, 1.82) is 0 Å². The smallest absolute Gasteiger partial charge is 0.0143 e. The van der Waals surface area contributed by atoms with Gasteiger partial charge in [0.25, 0.3) is 0 Å². The fourth-order valence-corrected chi connectivity index (χ4v) is 0.857. The van der Waals surface area contributed by atoms with Crippen LogP contribution in [0.1, 0.15) is 40.0 Å². The first-order chi connectivity index (χ1) is 4.85. The van der Waals surface area contributed by atoms with Crippen LogP contribution in [0, 0.1) is 0 Å². The molecule has 0 aromatic carbocycles. The van der Waals surface area contributed by atoms with Gasteiger partial charge in [0.2, 0.25) is 0 Å². The second kappa shape index (κ2) is 9.83. The first-order valence-corrected chi connectivity index (χ1v) is 4.24. The lowest BCUT2D eigenvalue weighted by Gasteiger charge is -2.06. The maximum absolute atomic E-state index is 3.38. The lowest BCUT2D eigenvalue weighted by Crippen LogP contribution is -2.13. The number of hydrogen-bond acceptors (Lipinski definition) is 1. The van der Waals surface area contributed by atoms with Crippen LogP contribution < -0.4 is 5.32 Å². The summed E-state index contributed by atoms with van der Waals surface area (Å²) in [7, 11) is 0. The minimum Gasteiger partial charge on any atom is -0.389 e. The third-order valence-electron chi connectivity index (χ3n) is 1.61. The molecule has 0 heterocycles. The molecule has 68 valence electrons. The van der Waals surface area contributed by atoms with Gasteiger partial charge in [-0.3, -0.25) is 0 Å². The van der Waals surface area contributed by atoms with E-state index in [1.165, 1.54) is 18.5 Å². The number of unbranched alkanes of at least 4 members (excludes halogenated alkanes) is 1. The molecule has 1 nitrogen and oxygen atoms in total. The molecule has 0 aromatic heterocycles. The average molecular weight is 178 g/mol. The molecule has 0 spiro atoms. The minimum absolute atomic E-state index is 0. The molecule has 0 saturated carbocycles. The third-order valence-corrected chi connectivity index (χ3v) is 1.61. The highest BCUT2D eigenvalue weighted by Gasteiger charge is 1.88. The molecule has 0 amide bonds. The Morgan fingerprint density at radius 1 is 1.36 bits per heavy atom. The Labute approximate surface area is 76.7 Å². The number of halogens is 1. The van der Waals surface area contributed by atoms with Crippen molar-refractivity contribution in [3.63, 3.8) is 0 Å². The van der Waals surface area contributed by atoms with E-state index in [0.717, 1.165) is 13.0 Å². The number of nitrogens with one attached hydrogen (secondary N) is 1. The van der Waals surface area contributed by atoms with E-state index in [1.807, 2.05) is 0 Å². The third kappa shape index (κ3) is 7.73. The summed E-state index contributed by atoms with van der Waals surface area (Å²) in [6, 6.07) is 0. The summed E-state index contributed by atoms with van der Waals surface area (Å²) in [5, 5.41) is 3.38. The Hall–Kier alpha value is -0.170. The van der Waals surface area contributed by atoms with Gasteiger partial charge in [-0.2, -0.15) is 0 Å². The van der Waals surface area contributed by atoms with Gasteiger partial charge in [0.05, 0.1) is 0 Å². The zero-order valence-corrected chi connectivity index (χ0v) is 8.63. The summed E-state index contributed by atoms with van der Waals surface area (Å²) in [5.41, 5.74) is 1.37. The molecule has 0 bridgehead atoms. The van der Waals surface area contributed by atoms with Gasteiger partial charge in [-0.15, -0.1) is 12.4 Å². The molecule has 0 fully saturated rings. The number of allylic oxidation sites excluding steroid dienone is 2. The molecule has 0 rings (SSSR count). The van der Waals surface area contributed by atoms with Gasteiger partial charge < -0.3 is 5.32 Å². The van der Waals surface area contributed by atoms with Crippen molar-refractivity contribution in [2.45, 2.75) is 40.0 Å². The Morgan fingerprint density at radius 2 is 2.00 bits per heavy atom. The SMILES string of the molecule is CC=C(CC)NCCCC.Cl. The summed E-state index contributed by atoms with van der Waals surface area (Å²) in [5.74, 6) is 0. The highest BCUT2D eigenvalue weighted by Crippen LogP contribution is 1.94. The highest BCUT2D eigenvalue weighted by molar-refractivity contribution is 5.85. The summed E-state index contributed by atoms with van der Waals surface area (Å²) < 4.78 is 0. The van der Waals surface area contributed by atoms with E-state index >= 15 is 0 Å². The van der Waals surface area contributed by atoms with Crippen LogP contribution in [0.25, 0.3) is 0 Å². The molecule has 0 radical (unpaired) electrons. The monoisotopic (exact) mass is 177 g/mol. The summed E-state index contributed by atoms with van der Waals surface area (Å²) in [4.78, 5) is 0. The predicted molar refractivity (Wildman–Crippen MR) is 54.2 cm³/mol. The predicted octanol–water partition coefficient (Wildman–Crippen LogP) is 3.11. The molecule has 11 heavy (non-hydrogen) atoms. The van der Waals surface area contributed by atoms with Crippen molar-refractivity contribution in [3.05, 3.63) is 11.8 Å². The minimum atomic E-state index is 0. The Balaban J connectivity index is 0. The maximum atomic E-state index is 3.38.